The van der Waals surface area contributed by atoms with Crippen molar-refractivity contribution < 1.29 is 14.3 Å². The van der Waals surface area contributed by atoms with Gasteiger partial charge in [-0.2, -0.15) is 0 Å². The lowest BCUT2D eigenvalue weighted by Crippen LogP contribution is -2.47. The Kier molecular flexibility index (Phi) is 6.07. The van der Waals surface area contributed by atoms with Gasteiger partial charge in [0.05, 0.1) is 0 Å². The number of amides is 2. The maximum absolute atomic E-state index is 12.4. The highest BCUT2D eigenvalue weighted by atomic mass is 35.5. The second-order valence-corrected chi connectivity index (χ2v) is 6.53. The summed E-state index contributed by atoms with van der Waals surface area (Å²) >= 11 is 5.81. The van der Waals surface area contributed by atoms with Crippen LogP contribution >= 0.6 is 11.6 Å². The van der Waals surface area contributed by atoms with Gasteiger partial charge in [0.25, 0.3) is 11.8 Å². The largest absolute Gasteiger partial charge is 0.484 e. The molecule has 1 saturated heterocycles. The van der Waals surface area contributed by atoms with Crippen LogP contribution in [0, 0.1) is 0 Å². The number of nitrogens with one attached hydrogen (secondary N) is 1. The summed E-state index contributed by atoms with van der Waals surface area (Å²) in [5.41, 5.74) is 0.450. The number of ether oxygens (including phenoxy) is 1. The number of halogens is 1. The third kappa shape index (κ3) is 4.95. The summed E-state index contributed by atoms with van der Waals surface area (Å²) in [6, 6.07) is 12.2. The predicted molar refractivity (Wildman–Crippen MR) is 98.3 cm³/mol. The first-order valence-corrected chi connectivity index (χ1v) is 8.87. The number of piperidine rings is 1. The zero-order chi connectivity index (χ0) is 18.4. The lowest BCUT2D eigenvalue weighted by atomic mass is 10.0. The fourth-order valence-corrected chi connectivity index (χ4v) is 2.95. The van der Waals surface area contributed by atoms with Gasteiger partial charge in [-0.3, -0.25) is 14.6 Å². The highest BCUT2D eigenvalue weighted by Gasteiger charge is 2.25. The average molecular weight is 374 g/mol. The van der Waals surface area contributed by atoms with Gasteiger partial charge in [-0.15, -0.1) is 0 Å². The van der Waals surface area contributed by atoms with Crippen LogP contribution in [0.3, 0.4) is 0 Å². The normalized spacial score (nSPS) is 14.7. The molecule has 1 fully saturated rings. The quantitative estimate of drug-likeness (QED) is 0.874. The SMILES string of the molecule is O=C(COc1ccc(Cl)cc1)NC1CCN(C(=O)c2ccccn2)CC1. The summed E-state index contributed by atoms with van der Waals surface area (Å²) < 4.78 is 5.44. The van der Waals surface area contributed by atoms with Crippen LogP contribution < -0.4 is 10.1 Å². The molecular formula is C19H20ClN3O3. The van der Waals surface area contributed by atoms with Crippen molar-refractivity contribution >= 4 is 23.4 Å². The Morgan fingerprint density at radius 2 is 1.88 bits per heavy atom. The van der Waals surface area contributed by atoms with Crippen molar-refractivity contribution in [1.82, 2.24) is 15.2 Å². The molecule has 0 radical (unpaired) electrons. The van der Waals surface area contributed by atoms with Gasteiger partial charge in [0.2, 0.25) is 0 Å². The van der Waals surface area contributed by atoms with Crippen molar-refractivity contribution in [2.75, 3.05) is 19.7 Å². The Labute approximate surface area is 157 Å². The van der Waals surface area contributed by atoms with Gasteiger partial charge in [-0.25, -0.2) is 0 Å². The van der Waals surface area contributed by atoms with E-state index in [0.29, 0.717) is 42.4 Å². The summed E-state index contributed by atoms with van der Waals surface area (Å²) in [7, 11) is 0. The van der Waals surface area contributed by atoms with Crippen molar-refractivity contribution in [2.45, 2.75) is 18.9 Å². The maximum atomic E-state index is 12.4. The first kappa shape index (κ1) is 18.2. The van der Waals surface area contributed by atoms with Crippen LogP contribution in [0.4, 0.5) is 0 Å². The van der Waals surface area contributed by atoms with Gasteiger partial charge in [-0.1, -0.05) is 17.7 Å². The van der Waals surface area contributed by atoms with E-state index in [1.54, 1.807) is 53.6 Å². The van der Waals surface area contributed by atoms with Crippen LogP contribution in [-0.2, 0) is 4.79 Å². The van der Waals surface area contributed by atoms with Gasteiger partial charge < -0.3 is 15.0 Å². The Morgan fingerprint density at radius 1 is 1.15 bits per heavy atom. The highest BCUT2D eigenvalue weighted by Crippen LogP contribution is 2.16. The standard InChI is InChI=1S/C19H20ClN3O3/c20-14-4-6-16(7-5-14)26-13-18(24)22-15-8-11-23(12-9-15)19(25)17-3-1-2-10-21-17/h1-7,10,15H,8-9,11-13H2,(H,22,24). The molecule has 136 valence electrons. The minimum absolute atomic E-state index is 0.0455. The molecule has 1 aliphatic heterocycles. The van der Waals surface area contributed by atoms with E-state index < -0.39 is 0 Å². The summed E-state index contributed by atoms with van der Waals surface area (Å²) in [5.74, 6) is 0.358. The van der Waals surface area contributed by atoms with E-state index in [1.165, 1.54) is 0 Å². The Balaban J connectivity index is 1.41. The van der Waals surface area contributed by atoms with Crippen LogP contribution in [-0.4, -0.2) is 47.4 Å². The van der Waals surface area contributed by atoms with E-state index >= 15 is 0 Å². The third-order valence-electron chi connectivity index (χ3n) is 4.21. The van der Waals surface area contributed by atoms with Gasteiger partial charge in [0, 0.05) is 30.4 Å². The molecule has 2 amide bonds. The number of carbonyl (C=O) groups excluding carboxylic acids is 2. The first-order valence-electron chi connectivity index (χ1n) is 8.50. The van der Waals surface area contributed by atoms with E-state index in [0.717, 1.165) is 0 Å². The second-order valence-electron chi connectivity index (χ2n) is 6.09. The van der Waals surface area contributed by atoms with E-state index in [9.17, 15) is 9.59 Å². The van der Waals surface area contributed by atoms with Crippen molar-refractivity contribution in [2.24, 2.45) is 0 Å². The molecule has 0 bridgehead atoms. The minimum atomic E-state index is -0.172. The zero-order valence-corrected chi connectivity index (χ0v) is 15.0. The molecule has 0 spiro atoms. The number of hydrogen-bond donors (Lipinski definition) is 1. The molecule has 3 rings (SSSR count). The van der Waals surface area contributed by atoms with Crippen LogP contribution in [0.25, 0.3) is 0 Å². The molecule has 1 N–H and O–H groups in total. The number of carbonyl (C=O) groups is 2. The van der Waals surface area contributed by atoms with E-state index in [2.05, 4.69) is 10.3 Å². The van der Waals surface area contributed by atoms with Gasteiger partial charge in [0.15, 0.2) is 6.61 Å². The molecule has 6 nitrogen and oxygen atoms in total. The number of nitrogens with zero attached hydrogens (tertiary/aromatic N) is 2. The number of rotatable bonds is 5. The summed E-state index contributed by atoms with van der Waals surface area (Å²) in [6.07, 6.45) is 3.04. The fourth-order valence-electron chi connectivity index (χ4n) is 2.83. The molecule has 1 aliphatic rings. The van der Waals surface area contributed by atoms with Crippen molar-refractivity contribution in [3.05, 3.63) is 59.4 Å². The Bertz CT molecular complexity index is 744. The Hall–Kier alpha value is -2.60. The molecule has 1 aromatic heterocycles. The number of benzene rings is 1. The zero-order valence-electron chi connectivity index (χ0n) is 14.2. The minimum Gasteiger partial charge on any atom is -0.484 e. The molecule has 0 saturated carbocycles. The second kappa shape index (κ2) is 8.67. The van der Waals surface area contributed by atoms with E-state index in [-0.39, 0.29) is 24.5 Å². The molecule has 0 atom stereocenters. The van der Waals surface area contributed by atoms with Crippen molar-refractivity contribution in [1.29, 1.82) is 0 Å². The average Bonchev–Trinajstić information content (AvgIpc) is 2.68. The summed E-state index contributed by atoms with van der Waals surface area (Å²) in [4.78, 5) is 30.3. The maximum Gasteiger partial charge on any atom is 0.272 e. The van der Waals surface area contributed by atoms with Crippen LogP contribution in [0.15, 0.2) is 48.7 Å². The first-order chi connectivity index (χ1) is 12.6. The smallest absolute Gasteiger partial charge is 0.272 e. The molecule has 0 aliphatic carbocycles. The molecular weight excluding hydrogens is 354 g/mol. The van der Waals surface area contributed by atoms with Gasteiger partial charge in [-0.05, 0) is 49.2 Å². The van der Waals surface area contributed by atoms with Gasteiger partial charge >= 0.3 is 0 Å². The molecule has 7 heteroatoms. The highest BCUT2D eigenvalue weighted by molar-refractivity contribution is 6.30. The van der Waals surface area contributed by atoms with Crippen LogP contribution in [0.2, 0.25) is 5.02 Å². The monoisotopic (exact) mass is 373 g/mol. The van der Waals surface area contributed by atoms with Crippen LogP contribution in [0.1, 0.15) is 23.3 Å². The van der Waals surface area contributed by atoms with Crippen LogP contribution in [0.5, 0.6) is 5.75 Å². The lowest BCUT2D eigenvalue weighted by Gasteiger charge is -2.32. The molecule has 2 aromatic rings. The van der Waals surface area contributed by atoms with E-state index in [4.69, 9.17) is 16.3 Å². The Morgan fingerprint density at radius 3 is 2.54 bits per heavy atom. The topological polar surface area (TPSA) is 71.5 Å². The number of likely N-dealkylation sites (tertiary alicyclic amines) is 1. The number of aromatic nitrogens is 1. The number of hydrogen-bond acceptors (Lipinski definition) is 4. The summed E-state index contributed by atoms with van der Waals surface area (Å²) in [6.45, 7) is 1.14. The van der Waals surface area contributed by atoms with Crippen molar-refractivity contribution in [3.8, 4) is 5.75 Å². The predicted octanol–water partition coefficient (Wildman–Crippen LogP) is 2.53. The molecule has 0 unspecified atom stereocenters. The lowest BCUT2D eigenvalue weighted by molar-refractivity contribution is -0.124. The summed E-state index contributed by atoms with van der Waals surface area (Å²) in [5, 5.41) is 3.58. The van der Waals surface area contributed by atoms with E-state index in [1.807, 2.05) is 0 Å². The van der Waals surface area contributed by atoms with Gasteiger partial charge in [0.1, 0.15) is 11.4 Å². The fraction of sp³-hybridized carbons (Fsp3) is 0.316. The molecule has 2 heterocycles. The number of pyridine rings is 1. The third-order valence-corrected chi connectivity index (χ3v) is 4.47. The molecule has 26 heavy (non-hydrogen) atoms. The van der Waals surface area contributed by atoms with Crippen molar-refractivity contribution in [3.63, 3.8) is 0 Å². The molecule has 1 aromatic carbocycles.